The molecule has 1 heterocycles. The maximum absolute atomic E-state index is 11.3. The van der Waals surface area contributed by atoms with Gasteiger partial charge in [-0.25, -0.2) is 8.42 Å². The lowest BCUT2D eigenvalue weighted by molar-refractivity contribution is 0.518. The Hall–Kier alpha value is -1.33. The van der Waals surface area contributed by atoms with Gasteiger partial charge in [0.15, 0.2) is 9.84 Å². The molecule has 0 radical (unpaired) electrons. The standard InChI is InChI=1S/C13H17NO3S/c1-2-18(15,16)8-7-14-10-12-9-11-5-3-4-6-13(11)17-12/h3-6,9,14H,2,7-8,10H2,1H3. The van der Waals surface area contributed by atoms with Crippen LogP contribution in [0.5, 0.6) is 0 Å². The van der Waals surface area contributed by atoms with Crippen molar-refractivity contribution >= 4 is 20.8 Å². The summed E-state index contributed by atoms with van der Waals surface area (Å²) in [6.45, 7) is 2.66. The van der Waals surface area contributed by atoms with Gasteiger partial charge in [-0.1, -0.05) is 25.1 Å². The maximum Gasteiger partial charge on any atom is 0.151 e. The zero-order valence-corrected chi connectivity index (χ0v) is 11.2. The molecule has 2 rings (SSSR count). The minimum absolute atomic E-state index is 0.170. The SMILES string of the molecule is CCS(=O)(=O)CCNCc1cc2ccccc2o1. The molecule has 0 unspecified atom stereocenters. The molecule has 5 heteroatoms. The molecule has 2 aromatic rings. The van der Waals surface area contributed by atoms with E-state index in [-0.39, 0.29) is 11.5 Å². The van der Waals surface area contributed by atoms with Gasteiger partial charge in [0.2, 0.25) is 0 Å². The normalized spacial score (nSPS) is 12.1. The van der Waals surface area contributed by atoms with E-state index in [1.54, 1.807) is 6.92 Å². The zero-order valence-electron chi connectivity index (χ0n) is 10.3. The van der Waals surface area contributed by atoms with Gasteiger partial charge < -0.3 is 9.73 Å². The van der Waals surface area contributed by atoms with E-state index in [0.717, 1.165) is 16.7 Å². The number of hydrogen-bond donors (Lipinski definition) is 1. The average Bonchev–Trinajstić information content (AvgIpc) is 2.77. The molecule has 1 aromatic carbocycles. The van der Waals surface area contributed by atoms with Gasteiger partial charge in [0.25, 0.3) is 0 Å². The number of hydrogen-bond acceptors (Lipinski definition) is 4. The van der Waals surface area contributed by atoms with Crippen molar-refractivity contribution in [2.45, 2.75) is 13.5 Å². The fraction of sp³-hybridized carbons (Fsp3) is 0.385. The number of benzene rings is 1. The smallest absolute Gasteiger partial charge is 0.151 e. The molecule has 18 heavy (non-hydrogen) atoms. The van der Waals surface area contributed by atoms with Crippen molar-refractivity contribution in [2.75, 3.05) is 18.1 Å². The highest BCUT2D eigenvalue weighted by Crippen LogP contribution is 2.18. The summed E-state index contributed by atoms with van der Waals surface area (Å²) >= 11 is 0. The molecule has 1 aromatic heterocycles. The average molecular weight is 267 g/mol. The molecule has 0 bridgehead atoms. The van der Waals surface area contributed by atoms with Crippen LogP contribution in [0.4, 0.5) is 0 Å². The van der Waals surface area contributed by atoms with Crippen molar-refractivity contribution in [3.63, 3.8) is 0 Å². The van der Waals surface area contributed by atoms with Crippen LogP contribution in [-0.2, 0) is 16.4 Å². The largest absolute Gasteiger partial charge is 0.460 e. The molecule has 0 saturated heterocycles. The first-order valence-electron chi connectivity index (χ1n) is 5.99. The number of fused-ring (bicyclic) bond motifs is 1. The molecular formula is C13H17NO3S. The lowest BCUT2D eigenvalue weighted by atomic mass is 10.2. The molecular weight excluding hydrogens is 250 g/mol. The minimum Gasteiger partial charge on any atom is -0.460 e. The summed E-state index contributed by atoms with van der Waals surface area (Å²) in [7, 11) is -2.89. The molecule has 0 saturated carbocycles. The van der Waals surface area contributed by atoms with Gasteiger partial charge >= 0.3 is 0 Å². The van der Waals surface area contributed by atoms with Crippen molar-refractivity contribution < 1.29 is 12.8 Å². The number of furan rings is 1. The van der Waals surface area contributed by atoms with Crippen LogP contribution in [0, 0.1) is 0 Å². The first kappa shape index (κ1) is 13.1. The van der Waals surface area contributed by atoms with Gasteiger partial charge in [0.05, 0.1) is 12.3 Å². The first-order valence-corrected chi connectivity index (χ1v) is 7.81. The van der Waals surface area contributed by atoms with Crippen LogP contribution < -0.4 is 5.32 Å². The second-order valence-corrected chi connectivity index (χ2v) is 6.64. The van der Waals surface area contributed by atoms with Crippen molar-refractivity contribution in [2.24, 2.45) is 0 Å². The van der Waals surface area contributed by atoms with Crippen molar-refractivity contribution in [3.8, 4) is 0 Å². The molecule has 98 valence electrons. The number of nitrogens with one attached hydrogen (secondary N) is 1. The van der Waals surface area contributed by atoms with Crippen molar-refractivity contribution in [3.05, 3.63) is 36.1 Å². The Labute approximate surface area is 107 Å². The molecule has 0 atom stereocenters. The molecule has 0 aliphatic carbocycles. The molecule has 0 aliphatic rings. The predicted molar refractivity (Wildman–Crippen MR) is 72.2 cm³/mol. The van der Waals surface area contributed by atoms with Crippen LogP contribution in [-0.4, -0.2) is 26.5 Å². The van der Waals surface area contributed by atoms with E-state index in [9.17, 15) is 8.42 Å². The third kappa shape index (κ3) is 3.34. The summed E-state index contributed by atoms with van der Waals surface area (Å²) in [6.07, 6.45) is 0. The van der Waals surface area contributed by atoms with Crippen LogP contribution in [0.1, 0.15) is 12.7 Å². The van der Waals surface area contributed by atoms with E-state index >= 15 is 0 Å². The van der Waals surface area contributed by atoms with Crippen LogP contribution in [0.25, 0.3) is 11.0 Å². The Morgan fingerprint density at radius 2 is 2.06 bits per heavy atom. The monoisotopic (exact) mass is 267 g/mol. The number of para-hydroxylation sites is 1. The maximum atomic E-state index is 11.3. The summed E-state index contributed by atoms with van der Waals surface area (Å²) in [5.41, 5.74) is 0.857. The van der Waals surface area contributed by atoms with Crippen LogP contribution >= 0.6 is 0 Å². The van der Waals surface area contributed by atoms with E-state index in [1.165, 1.54) is 0 Å². The Kier molecular flexibility index (Phi) is 4.04. The molecule has 4 nitrogen and oxygen atoms in total. The molecule has 0 amide bonds. The summed E-state index contributed by atoms with van der Waals surface area (Å²) in [5.74, 6) is 1.19. The summed E-state index contributed by atoms with van der Waals surface area (Å²) < 4.78 is 28.2. The fourth-order valence-electron chi connectivity index (χ4n) is 1.71. The van der Waals surface area contributed by atoms with E-state index in [1.807, 2.05) is 30.3 Å². The second-order valence-electron chi connectivity index (χ2n) is 4.16. The Morgan fingerprint density at radius 3 is 2.78 bits per heavy atom. The summed E-state index contributed by atoms with van der Waals surface area (Å²) in [5, 5.41) is 4.15. The highest BCUT2D eigenvalue weighted by molar-refractivity contribution is 7.91. The summed E-state index contributed by atoms with van der Waals surface area (Å²) in [4.78, 5) is 0. The van der Waals surface area contributed by atoms with Gasteiger partial charge in [-0.15, -0.1) is 0 Å². The van der Waals surface area contributed by atoms with Crippen LogP contribution in [0.15, 0.2) is 34.7 Å². The highest BCUT2D eigenvalue weighted by Gasteiger charge is 2.07. The lowest BCUT2D eigenvalue weighted by Crippen LogP contribution is -2.23. The first-order chi connectivity index (χ1) is 8.61. The van der Waals surface area contributed by atoms with Crippen LogP contribution in [0.3, 0.4) is 0 Å². The number of sulfone groups is 1. The van der Waals surface area contributed by atoms with Crippen molar-refractivity contribution in [1.82, 2.24) is 5.32 Å². The van der Waals surface area contributed by atoms with Gasteiger partial charge in [0.1, 0.15) is 11.3 Å². The third-order valence-corrected chi connectivity index (χ3v) is 4.51. The lowest BCUT2D eigenvalue weighted by Gasteiger charge is -2.02. The van der Waals surface area contributed by atoms with E-state index in [4.69, 9.17) is 4.42 Å². The third-order valence-electron chi connectivity index (χ3n) is 2.81. The predicted octanol–water partition coefficient (Wildman–Crippen LogP) is 1.96. The Bertz CT molecular complexity index is 583. The molecule has 0 spiro atoms. The molecule has 0 aliphatic heterocycles. The summed E-state index contributed by atoms with van der Waals surface area (Å²) in [6, 6.07) is 9.76. The van der Waals surface area contributed by atoms with E-state index < -0.39 is 9.84 Å². The second kappa shape index (κ2) is 5.54. The van der Waals surface area contributed by atoms with Gasteiger partial charge in [-0.3, -0.25) is 0 Å². The topological polar surface area (TPSA) is 59.3 Å². The minimum atomic E-state index is -2.89. The van der Waals surface area contributed by atoms with Gasteiger partial charge in [-0.2, -0.15) is 0 Å². The van der Waals surface area contributed by atoms with Crippen LogP contribution in [0.2, 0.25) is 0 Å². The highest BCUT2D eigenvalue weighted by atomic mass is 32.2. The van der Waals surface area contributed by atoms with Crippen molar-refractivity contribution in [1.29, 1.82) is 0 Å². The fourth-order valence-corrected chi connectivity index (χ4v) is 2.45. The zero-order chi connectivity index (χ0) is 13.0. The van der Waals surface area contributed by atoms with Gasteiger partial charge in [-0.05, 0) is 12.1 Å². The molecule has 0 fully saturated rings. The Balaban J connectivity index is 1.87. The Morgan fingerprint density at radius 1 is 1.28 bits per heavy atom. The number of rotatable bonds is 6. The molecule has 1 N–H and O–H groups in total. The van der Waals surface area contributed by atoms with Gasteiger partial charge in [0, 0.05) is 17.7 Å². The van der Waals surface area contributed by atoms with E-state index in [0.29, 0.717) is 13.1 Å². The van der Waals surface area contributed by atoms with E-state index in [2.05, 4.69) is 5.32 Å². The quantitative estimate of drug-likeness (QED) is 0.813.